The number of nitrogens with one attached hydrogen (secondary N) is 1. The molecule has 0 saturated carbocycles. The number of aliphatic hydroxyl groups excluding tert-OH is 1. The van der Waals surface area contributed by atoms with Crippen molar-refractivity contribution in [2.24, 2.45) is 0 Å². The van der Waals surface area contributed by atoms with Crippen LogP contribution < -0.4 is 5.32 Å². The largest absolute Gasteiger partial charge is 0.395 e. The molecule has 0 aromatic heterocycles. The molecule has 4 heteroatoms. The summed E-state index contributed by atoms with van der Waals surface area (Å²) in [7, 11) is 0. The molecule has 1 aromatic rings. The van der Waals surface area contributed by atoms with Gasteiger partial charge in [0.1, 0.15) is 0 Å². The summed E-state index contributed by atoms with van der Waals surface area (Å²) in [5.74, 6) is -0.0455. The lowest BCUT2D eigenvalue weighted by molar-refractivity contribution is -0.122. The van der Waals surface area contributed by atoms with Crippen LogP contribution in [0.3, 0.4) is 0 Å². The van der Waals surface area contributed by atoms with Crippen molar-refractivity contribution < 1.29 is 9.90 Å². The first kappa shape index (κ1) is 15.4. The second kappa shape index (κ2) is 8.45. The number of hydrogen-bond donors (Lipinski definition) is 2. The first-order valence-corrected chi connectivity index (χ1v) is 6.42. The van der Waals surface area contributed by atoms with Crippen molar-refractivity contribution >= 4 is 5.91 Å². The van der Waals surface area contributed by atoms with E-state index in [1.165, 1.54) is 5.56 Å². The van der Waals surface area contributed by atoms with E-state index in [9.17, 15) is 4.79 Å². The Balaban J connectivity index is 2.37. The Morgan fingerprint density at radius 2 is 2.11 bits per heavy atom. The first-order valence-electron chi connectivity index (χ1n) is 6.42. The smallest absolute Gasteiger partial charge is 0.234 e. The molecule has 0 unspecified atom stereocenters. The Hall–Kier alpha value is -1.65. The van der Waals surface area contributed by atoms with Crippen molar-refractivity contribution in [3.8, 4) is 0 Å². The molecule has 0 aliphatic carbocycles. The zero-order valence-electron chi connectivity index (χ0n) is 11.4. The van der Waals surface area contributed by atoms with Crippen molar-refractivity contribution in [3.05, 3.63) is 48.0 Å². The van der Waals surface area contributed by atoms with Crippen molar-refractivity contribution in [2.75, 3.05) is 26.2 Å². The number of benzene rings is 1. The van der Waals surface area contributed by atoms with E-state index in [1.54, 1.807) is 6.08 Å². The molecular formula is C15H22N2O2. The topological polar surface area (TPSA) is 52.6 Å². The molecule has 0 aliphatic rings. The molecule has 1 amide bonds. The number of aryl methyl sites for hydroxylation is 1. The van der Waals surface area contributed by atoms with E-state index in [2.05, 4.69) is 11.9 Å². The van der Waals surface area contributed by atoms with Crippen LogP contribution in [0.25, 0.3) is 0 Å². The van der Waals surface area contributed by atoms with Gasteiger partial charge in [0.05, 0.1) is 13.2 Å². The molecule has 104 valence electrons. The highest BCUT2D eigenvalue weighted by atomic mass is 16.3. The Bertz CT molecular complexity index is 401. The number of amides is 1. The van der Waals surface area contributed by atoms with Gasteiger partial charge in [-0.15, -0.1) is 6.58 Å². The summed E-state index contributed by atoms with van der Waals surface area (Å²) in [6.07, 6.45) is 1.73. The van der Waals surface area contributed by atoms with Gasteiger partial charge >= 0.3 is 0 Å². The normalized spacial score (nSPS) is 10.5. The number of rotatable bonds is 8. The maximum absolute atomic E-state index is 11.8. The van der Waals surface area contributed by atoms with Gasteiger partial charge in [0.25, 0.3) is 0 Å². The van der Waals surface area contributed by atoms with Gasteiger partial charge in [-0.3, -0.25) is 9.69 Å². The number of aliphatic hydroxyl groups is 1. The molecule has 0 spiro atoms. The maximum atomic E-state index is 11.8. The van der Waals surface area contributed by atoms with Crippen LogP contribution in [0.4, 0.5) is 0 Å². The Morgan fingerprint density at radius 3 is 2.68 bits per heavy atom. The zero-order valence-corrected chi connectivity index (χ0v) is 11.4. The molecule has 0 saturated heterocycles. The fourth-order valence-electron chi connectivity index (χ4n) is 1.72. The maximum Gasteiger partial charge on any atom is 0.234 e. The lowest BCUT2D eigenvalue weighted by Crippen LogP contribution is -2.38. The predicted molar refractivity (Wildman–Crippen MR) is 76.7 cm³/mol. The van der Waals surface area contributed by atoms with Crippen molar-refractivity contribution in [3.63, 3.8) is 0 Å². The molecular weight excluding hydrogens is 240 g/mol. The van der Waals surface area contributed by atoms with E-state index in [1.807, 2.05) is 36.1 Å². The summed E-state index contributed by atoms with van der Waals surface area (Å²) in [6, 6.07) is 8.06. The number of hydrogen-bond acceptors (Lipinski definition) is 3. The molecule has 4 nitrogen and oxygen atoms in total. The Labute approximate surface area is 114 Å². The van der Waals surface area contributed by atoms with Crippen LogP contribution in [0.15, 0.2) is 36.9 Å². The summed E-state index contributed by atoms with van der Waals surface area (Å²) in [5.41, 5.74) is 2.28. The van der Waals surface area contributed by atoms with Crippen LogP contribution in [0, 0.1) is 6.92 Å². The van der Waals surface area contributed by atoms with Crippen LogP contribution in [0.5, 0.6) is 0 Å². The predicted octanol–water partition coefficient (Wildman–Crippen LogP) is 1.09. The Morgan fingerprint density at radius 1 is 1.42 bits per heavy atom. The summed E-state index contributed by atoms with van der Waals surface area (Å²) in [5, 5.41) is 11.8. The fraction of sp³-hybridized carbons (Fsp3) is 0.400. The van der Waals surface area contributed by atoms with Crippen LogP contribution >= 0.6 is 0 Å². The average molecular weight is 262 g/mol. The zero-order chi connectivity index (χ0) is 14.1. The number of nitrogens with zero attached hydrogens (tertiary/aromatic N) is 1. The minimum atomic E-state index is -0.0455. The third-order valence-electron chi connectivity index (χ3n) is 2.78. The number of carbonyl (C=O) groups excluding carboxylic acids is 1. The first-order chi connectivity index (χ1) is 9.15. The highest BCUT2D eigenvalue weighted by Gasteiger charge is 2.08. The minimum absolute atomic E-state index is 0.0408. The van der Waals surface area contributed by atoms with Crippen molar-refractivity contribution in [1.29, 1.82) is 0 Å². The quantitative estimate of drug-likeness (QED) is 0.690. The fourth-order valence-corrected chi connectivity index (χ4v) is 1.72. The number of carbonyl (C=O) groups is 1. The third kappa shape index (κ3) is 6.18. The second-order valence-electron chi connectivity index (χ2n) is 4.51. The van der Waals surface area contributed by atoms with Gasteiger partial charge in [-0.05, 0) is 12.5 Å². The van der Waals surface area contributed by atoms with Crippen molar-refractivity contribution in [2.45, 2.75) is 13.5 Å². The monoisotopic (exact) mass is 262 g/mol. The van der Waals surface area contributed by atoms with Crippen LogP contribution in [0.2, 0.25) is 0 Å². The molecule has 2 N–H and O–H groups in total. The van der Waals surface area contributed by atoms with Gasteiger partial charge in [-0.1, -0.05) is 35.9 Å². The van der Waals surface area contributed by atoms with Crippen LogP contribution in [0.1, 0.15) is 11.1 Å². The van der Waals surface area contributed by atoms with Gasteiger partial charge in [0, 0.05) is 19.6 Å². The molecule has 1 rings (SSSR count). The Kier molecular flexibility index (Phi) is 6.85. The van der Waals surface area contributed by atoms with E-state index >= 15 is 0 Å². The summed E-state index contributed by atoms with van der Waals surface area (Å²) < 4.78 is 0. The lowest BCUT2D eigenvalue weighted by atomic mass is 10.1. The highest BCUT2D eigenvalue weighted by molar-refractivity contribution is 5.78. The van der Waals surface area contributed by atoms with E-state index in [-0.39, 0.29) is 19.1 Å². The van der Waals surface area contributed by atoms with E-state index < -0.39 is 0 Å². The van der Waals surface area contributed by atoms with E-state index in [0.29, 0.717) is 19.6 Å². The van der Waals surface area contributed by atoms with Gasteiger partial charge in [0.15, 0.2) is 0 Å². The van der Waals surface area contributed by atoms with Crippen molar-refractivity contribution in [1.82, 2.24) is 10.2 Å². The third-order valence-corrected chi connectivity index (χ3v) is 2.78. The molecule has 0 atom stereocenters. The van der Waals surface area contributed by atoms with Crippen LogP contribution in [-0.4, -0.2) is 42.2 Å². The summed E-state index contributed by atoms with van der Waals surface area (Å²) in [4.78, 5) is 13.6. The van der Waals surface area contributed by atoms with Gasteiger partial charge in [-0.25, -0.2) is 0 Å². The SMILES string of the molecule is C=CCN(CCO)CC(=O)NCc1ccc(C)cc1. The summed E-state index contributed by atoms with van der Waals surface area (Å²) >= 11 is 0. The van der Waals surface area contributed by atoms with Crippen LogP contribution in [-0.2, 0) is 11.3 Å². The molecule has 0 aliphatic heterocycles. The second-order valence-corrected chi connectivity index (χ2v) is 4.51. The average Bonchev–Trinajstić information content (AvgIpc) is 2.39. The summed E-state index contributed by atoms with van der Waals surface area (Å²) in [6.45, 7) is 7.59. The van der Waals surface area contributed by atoms with Gasteiger partial charge < -0.3 is 10.4 Å². The van der Waals surface area contributed by atoms with E-state index in [4.69, 9.17) is 5.11 Å². The molecule has 1 aromatic carbocycles. The van der Waals surface area contributed by atoms with Gasteiger partial charge in [0.2, 0.25) is 5.91 Å². The molecule has 0 fully saturated rings. The standard InChI is InChI=1S/C15H22N2O2/c1-3-8-17(9-10-18)12-15(19)16-11-14-6-4-13(2)5-7-14/h3-7,18H,1,8-12H2,2H3,(H,16,19). The highest BCUT2D eigenvalue weighted by Crippen LogP contribution is 2.02. The van der Waals surface area contributed by atoms with E-state index in [0.717, 1.165) is 5.56 Å². The lowest BCUT2D eigenvalue weighted by Gasteiger charge is -2.18. The molecule has 0 bridgehead atoms. The van der Waals surface area contributed by atoms with Gasteiger partial charge in [-0.2, -0.15) is 0 Å². The molecule has 0 radical (unpaired) electrons. The molecule has 19 heavy (non-hydrogen) atoms. The molecule has 0 heterocycles. The minimum Gasteiger partial charge on any atom is -0.395 e.